The molecule has 8 heteroatoms. The second-order valence-corrected chi connectivity index (χ2v) is 7.94. The number of ether oxygens (including phenoxy) is 1. The molecule has 0 bridgehead atoms. The maximum Gasteiger partial charge on any atom is 0.416 e. The Morgan fingerprint density at radius 3 is 2.13 bits per heavy atom. The highest BCUT2D eigenvalue weighted by atomic mass is 19.4. The fourth-order valence-electron chi connectivity index (χ4n) is 4.10. The third-order valence-corrected chi connectivity index (χ3v) is 5.86. The summed E-state index contributed by atoms with van der Waals surface area (Å²) in [6, 6.07) is 11.2. The first-order chi connectivity index (χ1) is 14.8. The predicted octanol–water partition coefficient (Wildman–Crippen LogP) is 3.81. The first-order valence-corrected chi connectivity index (χ1v) is 10.5. The summed E-state index contributed by atoms with van der Waals surface area (Å²) in [6.07, 6.45) is -4.34. The first-order valence-electron chi connectivity index (χ1n) is 10.5. The zero-order valence-corrected chi connectivity index (χ0v) is 17.5. The molecule has 0 radical (unpaired) electrons. The second kappa shape index (κ2) is 8.78. The minimum absolute atomic E-state index is 0.00254. The molecule has 5 nitrogen and oxygen atoms in total. The number of aryl methyl sites for hydroxylation is 1. The van der Waals surface area contributed by atoms with E-state index >= 15 is 0 Å². The van der Waals surface area contributed by atoms with Gasteiger partial charge in [-0.2, -0.15) is 13.2 Å². The van der Waals surface area contributed by atoms with Gasteiger partial charge in [0.05, 0.1) is 24.3 Å². The van der Waals surface area contributed by atoms with Crippen LogP contribution in [-0.4, -0.2) is 63.3 Å². The number of hydrogen-bond acceptors (Lipinski definition) is 4. The highest BCUT2D eigenvalue weighted by Gasteiger charge is 2.31. The lowest BCUT2D eigenvalue weighted by molar-refractivity contribution is -0.137. The largest absolute Gasteiger partial charge is 0.416 e. The molecule has 2 saturated heterocycles. The number of morpholine rings is 1. The van der Waals surface area contributed by atoms with Crippen molar-refractivity contribution in [3.05, 3.63) is 59.2 Å². The Kier molecular flexibility index (Phi) is 6.09. The Bertz CT molecular complexity index is 917. The lowest BCUT2D eigenvalue weighted by Crippen LogP contribution is -2.49. The Morgan fingerprint density at radius 2 is 1.52 bits per heavy atom. The van der Waals surface area contributed by atoms with Crippen molar-refractivity contribution in [1.82, 2.24) is 4.90 Å². The zero-order chi connectivity index (χ0) is 22.0. The van der Waals surface area contributed by atoms with Crippen molar-refractivity contribution in [2.24, 2.45) is 0 Å². The number of halogens is 3. The van der Waals surface area contributed by atoms with Gasteiger partial charge in [-0.15, -0.1) is 0 Å². The van der Waals surface area contributed by atoms with Crippen LogP contribution in [0.1, 0.15) is 21.5 Å². The van der Waals surface area contributed by atoms with Gasteiger partial charge in [0.2, 0.25) is 0 Å². The summed E-state index contributed by atoms with van der Waals surface area (Å²) in [4.78, 5) is 19.4. The van der Waals surface area contributed by atoms with Crippen LogP contribution in [0.3, 0.4) is 0 Å². The van der Waals surface area contributed by atoms with Crippen molar-refractivity contribution >= 4 is 17.3 Å². The average molecular weight is 433 g/mol. The number of rotatable bonds is 3. The normalized spacial score (nSPS) is 17.7. The fourth-order valence-corrected chi connectivity index (χ4v) is 4.10. The molecule has 0 saturated carbocycles. The standard InChI is InChI=1S/C23H26F3N3O2/c1-17-2-7-21(28-12-14-31-15-13-28)20(16-17)22(30)29-10-8-27(9-11-29)19-5-3-18(4-6-19)23(24,25)26/h2-7,16H,8-15H2,1H3. The molecule has 166 valence electrons. The Hall–Kier alpha value is -2.74. The molecule has 31 heavy (non-hydrogen) atoms. The maximum absolute atomic E-state index is 13.3. The van der Waals surface area contributed by atoms with Crippen molar-refractivity contribution in [3.8, 4) is 0 Å². The molecule has 1 amide bonds. The van der Waals surface area contributed by atoms with Crippen molar-refractivity contribution in [3.63, 3.8) is 0 Å². The minimum atomic E-state index is -4.34. The van der Waals surface area contributed by atoms with Gasteiger partial charge in [-0.25, -0.2) is 0 Å². The predicted molar refractivity (Wildman–Crippen MR) is 114 cm³/mol. The molecule has 2 heterocycles. The van der Waals surface area contributed by atoms with Crippen molar-refractivity contribution in [2.45, 2.75) is 13.1 Å². The monoisotopic (exact) mass is 433 g/mol. The van der Waals surface area contributed by atoms with Gasteiger partial charge in [-0.1, -0.05) is 11.6 Å². The second-order valence-electron chi connectivity index (χ2n) is 7.94. The van der Waals surface area contributed by atoms with Crippen LogP contribution < -0.4 is 9.80 Å². The van der Waals surface area contributed by atoms with E-state index in [2.05, 4.69) is 4.90 Å². The van der Waals surface area contributed by atoms with E-state index in [-0.39, 0.29) is 5.91 Å². The number of piperazine rings is 1. The molecule has 2 aliphatic heterocycles. The number of hydrogen-bond donors (Lipinski definition) is 0. The van der Waals surface area contributed by atoms with Crippen LogP contribution in [0.5, 0.6) is 0 Å². The third-order valence-electron chi connectivity index (χ3n) is 5.86. The number of carbonyl (C=O) groups excluding carboxylic acids is 1. The molecular weight excluding hydrogens is 407 g/mol. The van der Waals surface area contributed by atoms with Gasteiger partial charge in [0.15, 0.2) is 0 Å². The molecular formula is C23H26F3N3O2. The summed E-state index contributed by atoms with van der Waals surface area (Å²) in [5.41, 5.74) is 2.75. The first kappa shape index (κ1) is 21.5. The summed E-state index contributed by atoms with van der Waals surface area (Å²) < 4.78 is 43.8. The zero-order valence-electron chi connectivity index (χ0n) is 17.5. The van der Waals surface area contributed by atoms with Crippen LogP contribution in [0.15, 0.2) is 42.5 Å². The molecule has 4 rings (SSSR count). The Morgan fingerprint density at radius 1 is 0.871 bits per heavy atom. The van der Waals surface area contributed by atoms with Crippen LogP contribution in [0, 0.1) is 6.92 Å². The summed E-state index contributed by atoms with van der Waals surface area (Å²) in [7, 11) is 0. The van der Waals surface area contributed by atoms with Crippen LogP contribution in [0.2, 0.25) is 0 Å². The number of amides is 1. The summed E-state index contributed by atoms with van der Waals surface area (Å²) in [5.74, 6) is -0.00254. The highest BCUT2D eigenvalue weighted by Crippen LogP contribution is 2.31. The van der Waals surface area contributed by atoms with Gasteiger partial charge in [0.25, 0.3) is 5.91 Å². The quantitative estimate of drug-likeness (QED) is 0.738. The number of carbonyl (C=O) groups is 1. The molecule has 2 aromatic carbocycles. The van der Waals surface area contributed by atoms with E-state index in [1.54, 1.807) is 0 Å². The fraction of sp³-hybridized carbons (Fsp3) is 0.435. The van der Waals surface area contributed by atoms with E-state index in [9.17, 15) is 18.0 Å². The van der Waals surface area contributed by atoms with Gasteiger partial charge >= 0.3 is 6.18 Å². The lowest BCUT2D eigenvalue weighted by Gasteiger charge is -2.37. The number of anilines is 2. The van der Waals surface area contributed by atoms with Gasteiger partial charge < -0.3 is 19.4 Å². The number of alkyl halides is 3. The summed E-state index contributed by atoms with van der Waals surface area (Å²) >= 11 is 0. The molecule has 2 aromatic rings. The molecule has 2 fully saturated rings. The highest BCUT2D eigenvalue weighted by molar-refractivity contribution is 6.00. The average Bonchev–Trinajstić information content (AvgIpc) is 2.79. The Labute approximate surface area is 180 Å². The van der Waals surface area contributed by atoms with Gasteiger partial charge in [-0.05, 0) is 43.3 Å². The van der Waals surface area contributed by atoms with Crippen LogP contribution in [0.4, 0.5) is 24.5 Å². The molecule has 0 aromatic heterocycles. The van der Waals surface area contributed by atoms with Crippen molar-refractivity contribution in [2.75, 3.05) is 62.3 Å². The maximum atomic E-state index is 13.3. The number of nitrogens with zero attached hydrogens (tertiary/aromatic N) is 3. The Balaban J connectivity index is 1.44. The van der Waals surface area contributed by atoms with Crippen LogP contribution in [-0.2, 0) is 10.9 Å². The lowest BCUT2D eigenvalue weighted by atomic mass is 10.1. The molecule has 0 unspecified atom stereocenters. The van der Waals surface area contributed by atoms with E-state index in [4.69, 9.17) is 4.74 Å². The van der Waals surface area contributed by atoms with E-state index < -0.39 is 11.7 Å². The number of benzene rings is 2. The van der Waals surface area contributed by atoms with Gasteiger partial charge in [0, 0.05) is 50.6 Å². The van der Waals surface area contributed by atoms with Gasteiger partial charge in [0.1, 0.15) is 0 Å². The molecule has 0 N–H and O–H groups in total. The van der Waals surface area contributed by atoms with Crippen LogP contribution in [0.25, 0.3) is 0 Å². The molecule has 2 aliphatic rings. The van der Waals surface area contributed by atoms with Crippen molar-refractivity contribution in [1.29, 1.82) is 0 Å². The van der Waals surface area contributed by atoms with Crippen LogP contribution >= 0.6 is 0 Å². The smallest absolute Gasteiger partial charge is 0.378 e. The SMILES string of the molecule is Cc1ccc(N2CCOCC2)c(C(=O)N2CCN(c3ccc(C(F)(F)F)cc3)CC2)c1. The molecule has 0 spiro atoms. The minimum Gasteiger partial charge on any atom is -0.378 e. The van der Waals surface area contributed by atoms with E-state index in [1.807, 2.05) is 34.9 Å². The van der Waals surface area contributed by atoms with E-state index in [0.717, 1.165) is 42.2 Å². The summed E-state index contributed by atoms with van der Waals surface area (Å²) in [5, 5.41) is 0. The topological polar surface area (TPSA) is 36.0 Å². The van der Waals surface area contributed by atoms with Crippen molar-refractivity contribution < 1.29 is 22.7 Å². The molecule has 0 atom stereocenters. The summed E-state index contributed by atoms with van der Waals surface area (Å²) in [6.45, 7) is 6.98. The third kappa shape index (κ3) is 4.79. The molecule has 0 aliphatic carbocycles. The van der Waals surface area contributed by atoms with Gasteiger partial charge in [-0.3, -0.25) is 4.79 Å². The van der Waals surface area contributed by atoms with E-state index in [1.165, 1.54) is 12.1 Å². The van der Waals surface area contributed by atoms with E-state index in [0.29, 0.717) is 45.0 Å².